The highest BCUT2D eigenvalue weighted by Crippen LogP contribution is 2.33. The van der Waals surface area contributed by atoms with Crippen molar-refractivity contribution in [1.82, 2.24) is 4.68 Å². The number of amides is 1. The number of hydrogen-bond acceptors (Lipinski definition) is 6. The van der Waals surface area contributed by atoms with Gasteiger partial charge < -0.3 is 5.21 Å². The van der Waals surface area contributed by atoms with Crippen LogP contribution >= 0.6 is 11.6 Å². The Hall–Kier alpha value is -3.43. The first-order valence-electron chi connectivity index (χ1n) is 10.8. The van der Waals surface area contributed by atoms with Gasteiger partial charge >= 0.3 is 0 Å². The zero-order chi connectivity index (χ0) is 25.8. The SMILES string of the molecule is CCC(=O)Nn1cc(C(CC(c2ccc(S(C)(=O)=O)cc2)c2ccc(Cl)cc2C)=NO)ccc1=O. The Labute approximate surface area is 208 Å². The van der Waals surface area contributed by atoms with E-state index in [0.717, 1.165) is 27.6 Å². The van der Waals surface area contributed by atoms with Crippen LogP contribution in [-0.2, 0) is 14.6 Å². The van der Waals surface area contributed by atoms with E-state index in [9.17, 15) is 23.2 Å². The molecule has 0 radical (unpaired) electrons. The number of hydrogen-bond donors (Lipinski definition) is 2. The first kappa shape index (κ1) is 26.2. The van der Waals surface area contributed by atoms with Gasteiger partial charge in [-0.05, 0) is 53.9 Å². The summed E-state index contributed by atoms with van der Waals surface area (Å²) in [5.41, 5.74) is 5.39. The van der Waals surface area contributed by atoms with E-state index in [2.05, 4.69) is 10.6 Å². The molecule has 10 heteroatoms. The summed E-state index contributed by atoms with van der Waals surface area (Å²) in [6.45, 7) is 3.58. The lowest BCUT2D eigenvalue weighted by Crippen LogP contribution is -2.32. The van der Waals surface area contributed by atoms with Crippen LogP contribution in [0.2, 0.25) is 5.02 Å². The predicted octanol–water partition coefficient (Wildman–Crippen LogP) is 4.09. The zero-order valence-corrected chi connectivity index (χ0v) is 21.1. The van der Waals surface area contributed by atoms with Crippen LogP contribution in [0, 0.1) is 6.92 Å². The minimum Gasteiger partial charge on any atom is -0.411 e. The number of pyridine rings is 1. The summed E-state index contributed by atoms with van der Waals surface area (Å²) < 4.78 is 24.9. The maximum absolute atomic E-state index is 12.2. The van der Waals surface area contributed by atoms with Crippen LogP contribution in [0.3, 0.4) is 0 Å². The number of nitrogens with zero attached hydrogens (tertiary/aromatic N) is 2. The van der Waals surface area contributed by atoms with E-state index in [1.807, 2.05) is 19.1 Å². The van der Waals surface area contributed by atoms with Crippen molar-refractivity contribution in [2.45, 2.75) is 37.5 Å². The summed E-state index contributed by atoms with van der Waals surface area (Å²) in [5.74, 6) is -0.662. The number of aryl methyl sites for hydroxylation is 1. The van der Waals surface area contributed by atoms with E-state index in [1.54, 1.807) is 37.3 Å². The monoisotopic (exact) mass is 515 g/mol. The summed E-state index contributed by atoms with van der Waals surface area (Å²) in [6, 6.07) is 14.8. The lowest BCUT2D eigenvalue weighted by atomic mass is 9.83. The normalized spacial score (nSPS) is 12.9. The van der Waals surface area contributed by atoms with E-state index in [0.29, 0.717) is 10.6 Å². The molecular weight excluding hydrogens is 490 g/mol. The Morgan fingerprint density at radius 2 is 1.83 bits per heavy atom. The van der Waals surface area contributed by atoms with Gasteiger partial charge in [0.05, 0.1) is 10.6 Å². The highest BCUT2D eigenvalue weighted by atomic mass is 35.5. The third-order valence-corrected chi connectivity index (χ3v) is 7.01. The van der Waals surface area contributed by atoms with Crippen LogP contribution in [0.15, 0.2) is 75.6 Å². The van der Waals surface area contributed by atoms with Crippen LogP contribution in [-0.4, -0.2) is 36.2 Å². The molecule has 2 N–H and O–H groups in total. The molecule has 0 bridgehead atoms. The highest BCUT2D eigenvalue weighted by Gasteiger charge is 2.22. The largest absolute Gasteiger partial charge is 0.411 e. The predicted molar refractivity (Wildman–Crippen MR) is 136 cm³/mol. The molecule has 1 unspecified atom stereocenters. The fraction of sp³-hybridized carbons (Fsp3) is 0.240. The van der Waals surface area contributed by atoms with Gasteiger partial charge in [-0.25, -0.2) is 13.1 Å². The summed E-state index contributed by atoms with van der Waals surface area (Å²) in [5, 5.41) is 14.0. The number of rotatable bonds is 8. The zero-order valence-electron chi connectivity index (χ0n) is 19.5. The van der Waals surface area contributed by atoms with Crippen LogP contribution in [0.4, 0.5) is 0 Å². The lowest BCUT2D eigenvalue weighted by molar-refractivity contribution is -0.116. The fourth-order valence-corrected chi connectivity index (χ4v) is 4.61. The van der Waals surface area contributed by atoms with Crippen molar-refractivity contribution in [2.24, 2.45) is 5.16 Å². The van der Waals surface area contributed by atoms with Gasteiger partial charge in [-0.2, -0.15) is 0 Å². The van der Waals surface area contributed by atoms with Crippen molar-refractivity contribution in [3.8, 4) is 0 Å². The Kier molecular flexibility index (Phi) is 8.14. The molecule has 2 aromatic carbocycles. The van der Waals surface area contributed by atoms with Crippen molar-refractivity contribution in [1.29, 1.82) is 0 Å². The number of nitrogens with one attached hydrogen (secondary N) is 1. The molecule has 1 aromatic heterocycles. The summed E-state index contributed by atoms with van der Waals surface area (Å²) in [4.78, 5) is 24.2. The van der Waals surface area contributed by atoms with Gasteiger partial charge in [0, 0.05) is 47.9 Å². The maximum Gasteiger partial charge on any atom is 0.269 e. The molecule has 3 rings (SSSR count). The third-order valence-electron chi connectivity index (χ3n) is 5.65. The van der Waals surface area contributed by atoms with Crippen LogP contribution < -0.4 is 11.0 Å². The van der Waals surface area contributed by atoms with Gasteiger partial charge in [0.25, 0.3) is 5.56 Å². The van der Waals surface area contributed by atoms with Crippen molar-refractivity contribution in [3.05, 3.63) is 98.4 Å². The van der Waals surface area contributed by atoms with Crippen LogP contribution in [0.1, 0.15) is 47.9 Å². The van der Waals surface area contributed by atoms with Gasteiger partial charge in [0.2, 0.25) is 5.91 Å². The molecule has 0 aliphatic heterocycles. The Balaban J connectivity index is 2.06. The highest BCUT2D eigenvalue weighted by molar-refractivity contribution is 7.90. The van der Waals surface area contributed by atoms with Gasteiger partial charge in [0.1, 0.15) is 0 Å². The number of halogens is 1. The molecule has 0 aliphatic carbocycles. The Bertz CT molecular complexity index is 1430. The Morgan fingerprint density at radius 3 is 2.40 bits per heavy atom. The van der Waals surface area contributed by atoms with E-state index < -0.39 is 15.4 Å². The second kappa shape index (κ2) is 10.9. The second-order valence-corrected chi connectivity index (χ2v) is 10.6. The number of sulfone groups is 1. The average molecular weight is 516 g/mol. The summed E-state index contributed by atoms with van der Waals surface area (Å²) in [7, 11) is -3.36. The molecule has 0 aliphatic rings. The van der Waals surface area contributed by atoms with Gasteiger partial charge in [0.15, 0.2) is 9.84 Å². The van der Waals surface area contributed by atoms with Gasteiger partial charge in [-0.1, -0.05) is 41.9 Å². The topological polar surface area (TPSA) is 118 Å². The molecule has 1 heterocycles. The third kappa shape index (κ3) is 6.37. The van der Waals surface area contributed by atoms with Crippen molar-refractivity contribution >= 4 is 33.1 Å². The molecule has 184 valence electrons. The van der Waals surface area contributed by atoms with Gasteiger partial charge in [-0.3, -0.25) is 15.0 Å². The standard InChI is InChI=1S/C25H26ClN3O5S/c1-4-24(30)27-29-15-18(7-12-25(29)31)23(28-32)14-22(21-11-8-19(26)13-16(21)2)17-5-9-20(10-6-17)35(3,33)34/h5-13,15,22,32H,4,14H2,1-3H3,(H,27,30). The van der Waals surface area contributed by atoms with E-state index in [1.165, 1.54) is 18.3 Å². The van der Waals surface area contributed by atoms with Crippen molar-refractivity contribution in [2.75, 3.05) is 11.7 Å². The fourth-order valence-electron chi connectivity index (χ4n) is 3.75. The van der Waals surface area contributed by atoms with E-state index >= 15 is 0 Å². The number of benzene rings is 2. The number of aromatic nitrogens is 1. The minimum atomic E-state index is -3.36. The number of carbonyl (C=O) groups is 1. The van der Waals surface area contributed by atoms with Crippen LogP contribution in [0.5, 0.6) is 0 Å². The molecule has 1 amide bonds. The van der Waals surface area contributed by atoms with Gasteiger partial charge in [-0.15, -0.1) is 0 Å². The smallest absolute Gasteiger partial charge is 0.269 e. The molecule has 8 nitrogen and oxygen atoms in total. The molecule has 0 fully saturated rings. The molecule has 0 saturated carbocycles. The molecule has 1 atom stereocenters. The van der Waals surface area contributed by atoms with E-state index in [4.69, 9.17) is 11.6 Å². The first-order chi connectivity index (χ1) is 16.5. The summed E-state index contributed by atoms with van der Waals surface area (Å²) in [6.07, 6.45) is 2.96. The quantitative estimate of drug-likeness (QED) is 0.266. The van der Waals surface area contributed by atoms with Crippen LogP contribution in [0.25, 0.3) is 0 Å². The second-order valence-electron chi connectivity index (χ2n) is 8.16. The molecule has 0 spiro atoms. The molecule has 3 aromatic rings. The van der Waals surface area contributed by atoms with Crippen molar-refractivity contribution < 1.29 is 18.4 Å². The number of oxime groups is 1. The molecular formula is C25H26ClN3O5S. The average Bonchev–Trinajstić information content (AvgIpc) is 2.81. The lowest BCUT2D eigenvalue weighted by Gasteiger charge is -2.21. The first-order valence-corrected chi connectivity index (χ1v) is 13.1. The van der Waals surface area contributed by atoms with E-state index in [-0.39, 0.29) is 35.3 Å². The Morgan fingerprint density at radius 1 is 1.14 bits per heavy atom. The maximum atomic E-state index is 12.2. The number of carbonyl (C=O) groups excluding carboxylic acids is 1. The van der Waals surface area contributed by atoms with Crippen molar-refractivity contribution in [3.63, 3.8) is 0 Å². The molecule has 35 heavy (non-hydrogen) atoms. The molecule has 0 saturated heterocycles. The minimum absolute atomic E-state index is 0.193. The summed E-state index contributed by atoms with van der Waals surface area (Å²) >= 11 is 6.16.